The summed E-state index contributed by atoms with van der Waals surface area (Å²) in [5.74, 6) is 0.897. The second-order valence-corrected chi connectivity index (χ2v) is 5.66. The number of methoxy groups -OCH3 is 1. The number of ether oxygens (including phenoxy) is 1. The standard InChI is InChI=1S/C15H25NO2/c1-9-7-12(14(17)15(4,5)8-16)10(2)11(3)13(9)18-6/h7,14,17H,8,16H2,1-6H3. The van der Waals surface area contributed by atoms with Gasteiger partial charge in [0.2, 0.25) is 0 Å². The molecule has 3 N–H and O–H groups in total. The normalized spacial score (nSPS) is 13.6. The molecule has 0 radical (unpaired) electrons. The third-order valence-electron chi connectivity index (χ3n) is 3.83. The van der Waals surface area contributed by atoms with Crippen LogP contribution < -0.4 is 10.5 Å². The van der Waals surface area contributed by atoms with Gasteiger partial charge in [-0.3, -0.25) is 0 Å². The van der Waals surface area contributed by atoms with E-state index in [9.17, 15) is 5.11 Å². The molecule has 0 fully saturated rings. The number of aliphatic hydroxyl groups excluding tert-OH is 1. The third-order valence-corrected chi connectivity index (χ3v) is 3.83. The van der Waals surface area contributed by atoms with Crippen LogP contribution in [0.5, 0.6) is 5.75 Å². The maximum absolute atomic E-state index is 10.5. The summed E-state index contributed by atoms with van der Waals surface area (Å²) >= 11 is 0. The van der Waals surface area contributed by atoms with E-state index in [0.717, 1.165) is 28.0 Å². The van der Waals surface area contributed by atoms with Gasteiger partial charge in [-0.2, -0.15) is 0 Å². The number of aryl methyl sites for hydroxylation is 1. The Kier molecular flexibility index (Phi) is 4.41. The van der Waals surface area contributed by atoms with Gasteiger partial charge >= 0.3 is 0 Å². The van der Waals surface area contributed by atoms with Gasteiger partial charge in [0.1, 0.15) is 5.75 Å². The number of aliphatic hydroxyl groups is 1. The lowest BCUT2D eigenvalue weighted by atomic mass is 9.80. The second-order valence-electron chi connectivity index (χ2n) is 5.66. The van der Waals surface area contributed by atoms with Crippen LogP contribution in [0.15, 0.2) is 6.07 Å². The zero-order valence-electron chi connectivity index (χ0n) is 12.3. The summed E-state index contributed by atoms with van der Waals surface area (Å²) in [4.78, 5) is 0. The Bertz CT molecular complexity index is 439. The van der Waals surface area contributed by atoms with Crippen LogP contribution >= 0.6 is 0 Å². The fraction of sp³-hybridized carbons (Fsp3) is 0.600. The number of hydrogen-bond donors (Lipinski definition) is 2. The molecule has 1 unspecified atom stereocenters. The minimum atomic E-state index is -0.564. The van der Waals surface area contributed by atoms with Crippen molar-refractivity contribution in [1.82, 2.24) is 0 Å². The highest BCUT2D eigenvalue weighted by molar-refractivity contribution is 5.50. The van der Waals surface area contributed by atoms with E-state index in [2.05, 4.69) is 0 Å². The predicted octanol–water partition coefficient (Wildman–Crippen LogP) is 2.64. The van der Waals surface area contributed by atoms with Gasteiger partial charge in [-0.1, -0.05) is 13.8 Å². The average Bonchev–Trinajstić information content (AvgIpc) is 2.33. The molecule has 0 heterocycles. The van der Waals surface area contributed by atoms with E-state index >= 15 is 0 Å². The molecule has 1 atom stereocenters. The van der Waals surface area contributed by atoms with Crippen molar-refractivity contribution in [2.75, 3.05) is 13.7 Å². The summed E-state index contributed by atoms with van der Waals surface area (Å²) in [5, 5.41) is 10.5. The lowest BCUT2D eigenvalue weighted by Gasteiger charge is -2.31. The van der Waals surface area contributed by atoms with Gasteiger partial charge < -0.3 is 15.6 Å². The predicted molar refractivity (Wildman–Crippen MR) is 75.0 cm³/mol. The molecule has 102 valence electrons. The van der Waals surface area contributed by atoms with E-state index in [1.165, 1.54) is 0 Å². The molecule has 0 aromatic heterocycles. The average molecular weight is 251 g/mol. The van der Waals surface area contributed by atoms with Crippen molar-refractivity contribution >= 4 is 0 Å². The molecule has 1 aromatic rings. The van der Waals surface area contributed by atoms with Gasteiger partial charge in [-0.05, 0) is 49.1 Å². The fourth-order valence-corrected chi connectivity index (χ4v) is 2.22. The first kappa shape index (κ1) is 15.0. The largest absolute Gasteiger partial charge is 0.496 e. The van der Waals surface area contributed by atoms with E-state index < -0.39 is 6.10 Å². The highest BCUT2D eigenvalue weighted by Crippen LogP contribution is 2.38. The van der Waals surface area contributed by atoms with Crippen molar-refractivity contribution in [2.24, 2.45) is 11.1 Å². The molecular formula is C15H25NO2. The number of hydrogen-bond acceptors (Lipinski definition) is 3. The summed E-state index contributed by atoms with van der Waals surface area (Å²) in [6, 6.07) is 2.00. The van der Waals surface area contributed by atoms with Crippen molar-refractivity contribution in [3.63, 3.8) is 0 Å². The van der Waals surface area contributed by atoms with Crippen molar-refractivity contribution in [3.05, 3.63) is 28.3 Å². The van der Waals surface area contributed by atoms with E-state index in [1.54, 1.807) is 7.11 Å². The Balaban J connectivity index is 3.36. The van der Waals surface area contributed by atoms with Crippen molar-refractivity contribution < 1.29 is 9.84 Å². The zero-order valence-corrected chi connectivity index (χ0v) is 12.3. The van der Waals surface area contributed by atoms with Gasteiger partial charge in [0.15, 0.2) is 0 Å². The molecule has 0 saturated carbocycles. The van der Waals surface area contributed by atoms with Crippen LogP contribution in [0.1, 0.15) is 42.2 Å². The number of nitrogens with two attached hydrogens (primary N) is 1. The van der Waals surface area contributed by atoms with Crippen LogP contribution in [0, 0.1) is 26.2 Å². The van der Waals surface area contributed by atoms with Crippen LogP contribution in [0.4, 0.5) is 0 Å². The van der Waals surface area contributed by atoms with Crippen LogP contribution in [0.3, 0.4) is 0 Å². The maximum atomic E-state index is 10.5. The highest BCUT2D eigenvalue weighted by Gasteiger charge is 2.29. The molecule has 0 aliphatic heterocycles. The molecule has 1 aromatic carbocycles. The van der Waals surface area contributed by atoms with Gasteiger partial charge in [0, 0.05) is 12.0 Å². The molecule has 3 heteroatoms. The lowest BCUT2D eigenvalue weighted by Crippen LogP contribution is -2.31. The summed E-state index contributed by atoms with van der Waals surface area (Å²) in [6.45, 7) is 10.4. The van der Waals surface area contributed by atoms with Crippen LogP contribution in [0.2, 0.25) is 0 Å². The molecule has 0 amide bonds. The molecule has 0 aliphatic rings. The smallest absolute Gasteiger partial charge is 0.124 e. The Morgan fingerprint density at radius 2 is 1.83 bits per heavy atom. The third kappa shape index (κ3) is 2.52. The van der Waals surface area contributed by atoms with Crippen LogP contribution in [-0.4, -0.2) is 18.8 Å². The summed E-state index contributed by atoms with van der Waals surface area (Å²) < 4.78 is 5.40. The molecule has 0 saturated heterocycles. The first-order valence-corrected chi connectivity index (χ1v) is 6.29. The van der Waals surface area contributed by atoms with Gasteiger partial charge in [0.05, 0.1) is 13.2 Å². The van der Waals surface area contributed by atoms with Gasteiger partial charge in [-0.25, -0.2) is 0 Å². The van der Waals surface area contributed by atoms with E-state index in [0.29, 0.717) is 6.54 Å². The lowest BCUT2D eigenvalue weighted by molar-refractivity contribution is 0.0548. The van der Waals surface area contributed by atoms with E-state index in [4.69, 9.17) is 10.5 Å². The van der Waals surface area contributed by atoms with Crippen molar-refractivity contribution in [2.45, 2.75) is 40.7 Å². The summed E-state index contributed by atoms with van der Waals surface area (Å²) in [7, 11) is 1.68. The quantitative estimate of drug-likeness (QED) is 0.865. The maximum Gasteiger partial charge on any atom is 0.124 e. The zero-order chi connectivity index (χ0) is 14.1. The second kappa shape index (κ2) is 5.29. The number of rotatable bonds is 4. The first-order chi connectivity index (χ1) is 8.26. The van der Waals surface area contributed by atoms with Crippen LogP contribution in [-0.2, 0) is 0 Å². The molecule has 0 spiro atoms. The first-order valence-electron chi connectivity index (χ1n) is 6.29. The fourth-order valence-electron chi connectivity index (χ4n) is 2.22. The van der Waals surface area contributed by atoms with Crippen molar-refractivity contribution in [3.8, 4) is 5.75 Å². The van der Waals surface area contributed by atoms with Gasteiger partial charge in [0.25, 0.3) is 0 Å². The Labute approximate surface area is 110 Å². The minimum Gasteiger partial charge on any atom is -0.496 e. The molecule has 0 bridgehead atoms. The molecule has 18 heavy (non-hydrogen) atoms. The minimum absolute atomic E-state index is 0.335. The number of benzene rings is 1. The molecule has 1 rings (SSSR count). The molecule has 3 nitrogen and oxygen atoms in total. The Hall–Kier alpha value is -1.06. The molecule has 0 aliphatic carbocycles. The van der Waals surface area contributed by atoms with Crippen LogP contribution in [0.25, 0.3) is 0 Å². The molecular weight excluding hydrogens is 226 g/mol. The SMILES string of the molecule is COc1c(C)cc(C(O)C(C)(C)CN)c(C)c1C. The monoisotopic (exact) mass is 251 g/mol. The Morgan fingerprint density at radius 1 is 1.28 bits per heavy atom. The topological polar surface area (TPSA) is 55.5 Å². The van der Waals surface area contributed by atoms with E-state index in [1.807, 2.05) is 40.7 Å². The van der Waals surface area contributed by atoms with E-state index in [-0.39, 0.29) is 5.41 Å². The summed E-state index contributed by atoms with van der Waals surface area (Å²) in [5.41, 5.74) is 9.55. The highest BCUT2D eigenvalue weighted by atomic mass is 16.5. The Morgan fingerprint density at radius 3 is 2.28 bits per heavy atom. The van der Waals surface area contributed by atoms with Gasteiger partial charge in [-0.15, -0.1) is 0 Å². The summed E-state index contributed by atoms with van der Waals surface area (Å²) in [6.07, 6.45) is -0.564. The van der Waals surface area contributed by atoms with Crippen molar-refractivity contribution in [1.29, 1.82) is 0 Å².